The first-order valence-electron chi connectivity index (χ1n) is 14.9. The third kappa shape index (κ3) is 7.65. The molecular formula is C33H36N5O8S+. The Balaban J connectivity index is 1.50. The number of amides is 3. The first-order valence-corrected chi connectivity index (χ1v) is 16.0. The highest BCUT2D eigenvalue weighted by Crippen LogP contribution is 2.42. The van der Waals surface area contributed by atoms with E-state index in [9.17, 15) is 24.0 Å². The fraction of sp³-hybridized carbons (Fsp3) is 0.333. The van der Waals surface area contributed by atoms with Gasteiger partial charge < -0.3 is 24.8 Å². The van der Waals surface area contributed by atoms with Crippen LogP contribution in [0.5, 0.6) is 0 Å². The summed E-state index contributed by atoms with van der Waals surface area (Å²) in [4.78, 5) is 63.9. The quantitative estimate of drug-likeness (QED) is 0.0704. The summed E-state index contributed by atoms with van der Waals surface area (Å²) in [5.74, 6) is -0.417. The maximum atomic E-state index is 14.3. The van der Waals surface area contributed by atoms with E-state index in [4.69, 9.17) is 14.2 Å². The number of hydrogen-bond acceptors (Lipinski definition) is 9. The van der Waals surface area contributed by atoms with E-state index in [0.717, 1.165) is 11.1 Å². The summed E-state index contributed by atoms with van der Waals surface area (Å²) in [6.07, 6.45) is 0.744. The van der Waals surface area contributed by atoms with Gasteiger partial charge in [0.2, 0.25) is 6.41 Å². The minimum atomic E-state index is -0.904. The standard InChI is InChI=1S/C33H35N5O8S/c1-33(2,3)46-32(43)35-26-29(41)38-27(31(42)45-28(22-10-6-4-7-11-22)23-12-8-5-9-13-23)24(19-47-30(26)38)18-36-15-14-25(34-20-39)37(36)16-17-44-21-40/h4-15,20-21,26,28,30H,16-19H2,1-3H3,(H,35,43)/p+1/t26-,30-/m1/s1. The zero-order valence-corrected chi connectivity index (χ0v) is 27.0. The molecule has 3 amide bonds. The van der Waals surface area contributed by atoms with Crippen molar-refractivity contribution >= 4 is 48.4 Å². The predicted molar refractivity (Wildman–Crippen MR) is 170 cm³/mol. The monoisotopic (exact) mass is 662 g/mol. The van der Waals surface area contributed by atoms with Gasteiger partial charge in [0.25, 0.3) is 12.4 Å². The molecule has 5 rings (SSSR count). The molecule has 0 bridgehead atoms. The van der Waals surface area contributed by atoms with Gasteiger partial charge in [-0.15, -0.1) is 21.1 Å². The van der Waals surface area contributed by atoms with Crippen LogP contribution >= 0.6 is 11.8 Å². The Morgan fingerprint density at radius 3 is 2.30 bits per heavy atom. The minimum absolute atomic E-state index is 0.0367. The lowest BCUT2D eigenvalue weighted by Gasteiger charge is -2.49. The summed E-state index contributed by atoms with van der Waals surface area (Å²) in [6, 6.07) is 19.4. The van der Waals surface area contributed by atoms with Gasteiger partial charge in [-0.1, -0.05) is 60.7 Å². The Morgan fingerprint density at radius 2 is 1.70 bits per heavy atom. The number of alkyl carbamates (subject to hydrolysis) is 1. The van der Waals surface area contributed by atoms with Gasteiger partial charge in [0.15, 0.2) is 24.7 Å². The van der Waals surface area contributed by atoms with Crippen LogP contribution in [0, 0.1) is 0 Å². The van der Waals surface area contributed by atoms with Crippen molar-refractivity contribution in [3.05, 3.63) is 95.3 Å². The van der Waals surface area contributed by atoms with E-state index in [2.05, 4.69) is 10.6 Å². The summed E-state index contributed by atoms with van der Waals surface area (Å²) in [5.41, 5.74) is 1.39. The second kappa shape index (κ2) is 14.5. The van der Waals surface area contributed by atoms with Crippen LogP contribution in [-0.2, 0) is 46.5 Å². The van der Waals surface area contributed by atoms with Gasteiger partial charge in [0.05, 0.1) is 6.07 Å². The minimum Gasteiger partial charge on any atom is -0.466 e. The maximum absolute atomic E-state index is 14.3. The Kier molecular flexibility index (Phi) is 10.3. The number of benzene rings is 2. The molecular weight excluding hydrogens is 626 g/mol. The lowest BCUT2D eigenvalue weighted by molar-refractivity contribution is -0.767. The van der Waals surface area contributed by atoms with E-state index in [1.54, 1.807) is 42.4 Å². The van der Waals surface area contributed by atoms with Gasteiger partial charge >= 0.3 is 12.1 Å². The zero-order chi connectivity index (χ0) is 33.6. The number of rotatable bonds is 13. The number of esters is 1. The van der Waals surface area contributed by atoms with Gasteiger partial charge in [0, 0.05) is 11.3 Å². The Hall–Kier alpha value is -5.11. The number of nitrogens with one attached hydrogen (secondary N) is 2. The average Bonchev–Trinajstić information content (AvgIpc) is 3.42. The first-order chi connectivity index (χ1) is 22.6. The molecule has 13 nitrogen and oxygen atoms in total. The highest BCUT2D eigenvalue weighted by Gasteiger charge is 2.55. The number of anilines is 1. The van der Waals surface area contributed by atoms with Crippen LogP contribution in [0.1, 0.15) is 38.0 Å². The fourth-order valence-electron chi connectivity index (χ4n) is 5.39. The lowest BCUT2D eigenvalue weighted by atomic mass is 10.0. The predicted octanol–water partition coefficient (Wildman–Crippen LogP) is 2.91. The van der Waals surface area contributed by atoms with Gasteiger partial charge in [-0.3, -0.25) is 19.3 Å². The molecule has 47 heavy (non-hydrogen) atoms. The molecule has 3 heterocycles. The molecule has 0 unspecified atom stereocenters. The van der Waals surface area contributed by atoms with Gasteiger partial charge in [-0.05, 0) is 31.9 Å². The van der Waals surface area contributed by atoms with Crippen molar-refractivity contribution in [3.8, 4) is 0 Å². The van der Waals surface area contributed by atoms with E-state index in [1.807, 2.05) is 60.7 Å². The zero-order valence-electron chi connectivity index (χ0n) is 26.2. The lowest BCUT2D eigenvalue weighted by Crippen LogP contribution is -2.71. The van der Waals surface area contributed by atoms with Crippen molar-refractivity contribution in [2.45, 2.75) is 57.0 Å². The molecule has 246 valence electrons. The largest absolute Gasteiger partial charge is 0.466 e. The molecule has 2 aliphatic rings. The summed E-state index contributed by atoms with van der Waals surface area (Å²) in [6.45, 7) is 5.90. The number of carbonyl (C=O) groups excluding carboxylic acids is 5. The topological polar surface area (TPSA) is 149 Å². The van der Waals surface area contributed by atoms with E-state index in [1.165, 1.54) is 16.7 Å². The summed E-state index contributed by atoms with van der Waals surface area (Å²) < 4.78 is 19.9. The molecule has 1 saturated heterocycles. The molecule has 0 spiro atoms. The third-order valence-electron chi connectivity index (χ3n) is 7.38. The molecule has 0 aliphatic carbocycles. The molecule has 2 atom stereocenters. The number of ether oxygens (including phenoxy) is 3. The fourth-order valence-corrected chi connectivity index (χ4v) is 6.72. The molecule has 2 aromatic carbocycles. The number of fused-ring (bicyclic) bond motifs is 1. The molecule has 0 saturated carbocycles. The SMILES string of the molecule is CC(C)(C)OC(=O)N[C@@H]1C(=O)N2C(C(=O)OC(c3ccccc3)c3ccccc3)=C(C[n+]3ccc(NC=O)n3CCOC=O)CS[C@H]12. The second-order valence-corrected chi connectivity index (χ2v) is 12.8. The van der Waals surface area contributed by atoms with Crippen LogP contribution in [0.2, 0.25) is 0 Å². The van der Waals surface area contributed by atoms with Crippen LogP contribution in [0.15, 0.2) is 84.2 Å². The molecule has 2 aliphatic heterocycles. The van der Waals surface area contributed by atoms with Crippen molar-refractivity contribution in [1.82, 2.24) is 14.9 Å². The number of β-lactam (4-membered cyclic amide) rings is 1. The summed E-state index contributed by atoms with van der Waals surface area (Å²) >= 11 is 1.39. The number of nitrogens with zero attached hydrogens (tertiary/aromatic N) is 3. The van der Waals surface area contributed by atoms with E-state index < -0.39 is 41.1 Å². The van der Waals surface area contributed by atoms with Crippen molar-refractivity contribution < 1.29 is 42.9 Å². The number of carbonyl (C=O) groups is 5. The highest BCUT2D eigenvalue weighted by atomic mass is 32.2. The molecule has 14 heteroatoms. The van der Waals surface area contributed by atoms with Crippen LogP contribution in [0.25, 0.3) is 0 Å². The summed E-state index contributed by atoms with van der Waals surface area (Å²) in [5, 5.41) is 4.70. The normalized spacial score (nSPS) is 17.4. The van der Waals surface area contributed by atoms with Crippen molar-refractivity contribution in [2.75, 3.05) is 17.7 Å². The maximum Gasteiger partial charge on any atom is 0.408 e. The Labute approximate surface area is 275 Å². The molecule has 2 N–H and O–H groups in total. The van der Waals surface area contributed by atoms with Crippen LogP contribution in [0.3, 0.4) is 0 Å². The third-order valence-corrected chi connectivity index (χ3v) is 8.72. The number of aromatic nitrogens is 2. The highest BCUT2D eigenvalue weighted by molar-refractivity contribution is 8.00. The molecule has 1 aromatic heterocycles. The van der Waals surface area contributed by atoms with Gasteiger partial charge in [0.1, 0.15) is 35.9 Å². The Morgan fingerprint density at radius 1 is 1.04 bits per heavy atom. The van der Waals surface area contributed by atoms with Crippen molar-refractivity contribution in [3.63, 3.8) is 0 Å². The van der Waals surface area contributed by atoms with E-state index in [-0.39, 0.29) is 25.4 Å². The number of thioether (sulfide) groups is 1. The average molecular weight is 663 g/mol. The van der Waals surface area contributed by atoms with Crippen molar-refractivity contribution in [1.29, 1.82) is 0 Å². The van der Waals surface area contributed by atoms with E-state index >= 15 is 0 Å². The van der Waals surface area contributed by atoms with E-state index in [0.29, 0.717) is 30.0 Å². The van der Waals surface area contributed by atoms with Crippen LogP contribution < -0.4 is 15.3 Å². The van der Waals surface area contributed by atoms with Gasteiger partial charge in [-0.25, -0.2) is 9.59 Å². The van der Waals surface area contributed by atoms with Crippen LogP contribution in [-0.4, -0.2) is 69.8 Å². The summed E-state index contributed by atoms with van der Waals surface area (Å²) in [7, 11) is 0. The Bertz CT molecular complexity index is 1610. The molecule has 3 aromatic rings. The smallest absolute Gasteiger partial charge is 0.408 e. The second-order valence-electron chi connectivity index (χ2n) is 11.7. The van der Waals surface area contributed by atoms with Crippen LogP contribution in [0.4, 0.5) is 10.6 Å². The molecule has 1 fully saturated rings. The van der Waals surface area contributed by atoms with Crippen molar-refractivity contribution in [2.24, 2.45) is 0 Å². The first kappa shape index (κ1) is 33.3. The molecule has 0 radical (unpaired) electrons. The van der Waals surface area contributed by atoms with Gasteiger partial charge in [-0.2, -0.15) is 0 Å². The number of hydrogen-bond donors (Lipinski definition) is 2.